The van der Waals surface area contributed by atoms with Crippen molar-refractivity contribution in [1.29, 1.82) is 0 Å². The maximum absolute atomic E-state index is 12.3. The van der Waals surface area contributed by atoms with Crippen molar-refractivity contribution in [3.05, 3.63) is 53.6 Å². The highest BCUT2D eigenvalue weighted by Crippen LogP contribution is 2.36. The van der Waals surface area contributed by atoms with Gasteiger partial charge in [0.05, 0.1) is 0 Å². The molecular formula is C15H16N2O. The molecule has 92 valence electrons. The number of aryl methyl sites for hydroxylation is 1. The summed E-state index contributed by atoms with van der Waals surface area (Å²) in [5.41, 5.74) is 2.04. The zero-order valence-electron chi connectivity index (χ0n) is 10.5. The van der Waals surface area contributed by atoms with Crippen molar-refractivity contribution >= 4 is 5.78 Å². The molecule has 0 bridgehead atoms. The molecule has 0 amide bonds. The fourth-order valence-electron chi connectivity index (χ4n) is 2.39. The van der Waals surface area contributed by atoms with Crippen LogP contribution in [-0.4, -0.2) is 15.3 Å². The lowest BCUT2D eigenvalue weighted by atomic mass is 9.79. The number of ketones is 1. The van der Waals surface area contributed by atoms with E-state index in [4.69, 9.17) is 0 Å². The van der Waals surface area contributed by atoms with Crippen molar-refractivity contribution in [1.82, 2.24) is 9.55 Å². The van der Waals surface area contributed by atoms with E-state index in [2.05, 4.69) is 11.1 Å². The molecule has 0 spiro atoms. The number of aromatic nitrogens is 2. The van der Waals surface area contributed by atoms with Gasteiger partial charge in [-0.1, -0.05) is 24.6 Å². The fourth-order valence-corrected chi connectivity index (χ4v) is 2.39. The molecule has 0 N–H and O–H groups in total. The summed E-state index contributed by atoms with van der Waals surface area (Å²) in [5.74, 6) is 1.16. The van der Waals surface area contributed by atoms with Crippen LogP contribution in [0, 0.1) is 0 Å². The summed E-state index contributed by atoms with van der Waals surface area (Å²) in [6.07, 6.45) is 7.26. The third-order valence-electron chi connectivity index (χ3n) is 3.75. The predicted octanol–water partition coefficient (Wildman–Crippen LogP) is 2.92. The van der Waals surface area contributed by atoms with E-state index in [9.17, 15) is 4.79 Å². The summed E-state index contributed by atoms with van der Waals surface area (Å²) in [7, 11) is 1.84. The summed E-state index contributed by atoms with van der Waals surface area (Å²) < 4.78 is 1.76. The minimum Gasteiger partial charge on any atom is -0.331 e. The predicted molar refractivity (Wildman–Crippen MR) is 69.7 cm³/mol. The summed E-state index contributed by atoms with van der Waals surface area (Å²) in [5, 5.41) is 0. The van der Waals surface area contributed by atoms with E-state index in [1.807, 2.05) is 25.2 Å². The Morgan fingerprint density at radius 3 is 2.83 bits per heavy atom. The van der Waals surface area contributed by atoms with E-state index >= 15 is 0 Å². The number of carbonyl (C=O) groups is 1. The maximum atomic E-state index is 12.3. The van der Waals surface area contributed by atoms with E-state index in [0.717, 1.165) is 5.56 Å². The van der Waals surface area contributed by atoms with Gasteiger partial charge in [-0.3, -0.25) is 4.79 Å². The van der Waals surface area contributed by atoms with E-state index < -0.39 is 0 Å². The van der Waals surface area contributed by atoms with Crippen LogP contribution >= 0.6 is 0 Å². The van der Waals surface area contributed by atoms with Crippen LogP contribution in [0.1, 0.15) is 46.9 Å². The van der Waals surface area contributed by atoms with Crippen LogP contribution in [-0.2, 0) is 7.05 Å². The number of imidazole rings is 1. The standard InChI is InChI=1S/C15H16N2O/c1-17-9-8-16-15(17)14(18)13-7-3-6-12(10-13)11-4-2-5-11/h3,6-11H,2,4-5H2,1H3. The van der Waals surface area contributed by atoms with Gasteiger partial charge in [-0.05, 0) is 30.4 Å². The first-order valence-corrected chi connectivity index (χ1v) is 6.37. The third kappa shape index (κ3) is 1.86. The van der Waals surface area contributed by atoms with Gasteiger partial charge in [0.25, 0.3) is 0 Å². The van der Waals surface area contributed by atoms with E-state index in [1.54, 1.807) is 17.0 Å². The monoisotopic (exact) mass is 240 g/mol. The number of benzene rings is 1. The highest BCUT2D eigenvalue weighted by atomic mass is 16.1. The molecule has 1 heterocycles. The second-order valence-corrected chi connectivity index (χ2v) is 4.94. The van der Waals surface area contributed by atoms with Crippen molar-refractivity contribution in [2.75, 3.05) is 0 Å². The molecule has 2 aromatic rings. The molecule has 1 aromatic heterocycles. The Bertz CT molecular complexity index is 582. The normalized spacial score (nSPS) is 15.4. The van der Waals surface area contributed by atoms with Crippen molar-refractivity contribution in [3.63, 3.8) is 0 Å². The minimum atomic E-state index is 0.00340. The summed E-state index contributed by atoms with van der Waals surface area (Å²) in [6, 6.07) is 8.00. The Labute approximate surface area is 106 Å². The highest BCUT2D eigenvalue weighted by molar-refractivity contribution is 6.06. The molecule has 0 unspecified atom stereocenters. The molecule has 3 rings (SSSR count). The summed E-state index contributed by atoms with van der Waals surface area (Å²) in [4.78, 5) is 16.4. The van der Waals surface area contributed by atoms with Crippen LogP contribution in [0.15, 0.2) is 36.7 Å². The Hall–Kier alpha value is -1.90. The molecule has 3 heteroatoms. The average molecular weight is 240 g/mol. The Balaban J connectivity index is 1.92. The molecule has 0 saturated heterocycles. The van der Waals surface area contributed by atoms with Gasteiger partial charge in [0.1, 0.15) is 0 Å². The number of carbonyl (C=O) groups excluding carboxylic acids is 1. The second-order valence-electron chi connectivity index (χ2n) is 4.94. The number of nitrogens with zero attached hydrogens (tertiary/aromatic N) is 2. The Morgan fingerprint density at radius 1 is 1.39 bits per heavy atom. The van der Waals surface area contributed by atoms with Gasteiger partial charge in [0.15, 0.2) is 5.82 Å². The van der Waals surface area contributed by atoms with Gasteiger partial charge < -0.3 is 4.57 Å². The Kier molecular flexibility index (Phi) is 2.74. The Morgan fingerprint density at radius 2 is 2.22 bits per heavy atom. The first-order valence-electron chi connectivity index (χ1n) is 6.37. The molecule has 1 aliphatic rings. The minimum absolute atomic E-state index is 0.00340. The first-order chi connectivity index (χ1) is 8.75. The third-order valence-corrected chi connectivity index (χ3v) is 3.75. The molecule has 1 aromatic carbocycles. The second kappa shape index (κ2) is 4.41. The molecule has 0 aliphatic heterocycles. The topological polar surface area (TPSA) is 34.9 Å². The summed E-state index contributed by atoms with van der Waals surface area (Å²) >= 11 is 0. The van der Waals surface area contributed by atoms with Crippen LogP contribution in [0.5, 0.6) is 0 Å². The fraction of sp³-hybridized carbons (Fsp3) is 0.333. The smallest absolute Gasteiger partial charge is 0.228 e. The quantitative estimate of drug-likeness (QED) is 0.773. The summed E-state index contributed by atoms with van der Waals surface area (Å²) in [6.45, 7) is 0. The SMILES string of the molecule is Cn1ccnc1C(=O)c1cccc(C2CCC2)c1. The van der Waals surface area contributed by atoms with Crippen LogP contribution in [0.3, 0.4) is 0 Å². The van der Waals surface area contributed by atoms with Crippen molar-refractivity contribution in [2.45, 2.75) is 25.2 Å². The molecule has 3 nitrogen and oxygen atoms in total. The molecule has 1 saturated carbocycles. The lowest BCUT2D eigenvalue weighted by molar-refractivity contribution is 0.102. The molecule has 0 atom stereocenters. The van der Waals surface area contributed by atoms with Crippen LogP contribution in [0.2, 0.25) is 0 Å². The van der Waals surface area contributed by atoms with Gasteiger partial charge in [-0.15, -0.1) is 0 Å². The van der Waals surface area contributed by atoms with E-state index in [0.29, 0.717) is 11.7 Å². The van der Waals surface area contributed by atoms with E-state index in [-0.39, 0.29) is 5.78 Å². The zero-order valence-corrected chi connectivity index (χ0v) is 10.5. The highest BCUT2D eigenvalue weighted by Gasteiger charge is 2.21. The molecule has 1 aliphatic carbocycles. The van der Waals surface area contributed by atoms with Crippen LogP contribution < -0.4 is 0 Å². The lowest BCUT2D eigenvalue weighted by Gasteiger charge is -2.26. The molecule has 0 radical (unpaired) electrons. The van der Waals surface area contributed by atoms with Crippen molar-refractivity contribution in [2.24, 2.45) is 7.05 Å². The van der Waals surface area contributed by atoms with Crippen molar-refractivity contribution < 1.29 is 4.79 Å². The van der Waals surface area contributed by atoms with Gasteiger partial charge >= 0.3 is 0 Å². The number of rotatable bonds is 3. The van der Waals surface area contributed by atoms with E-state index in [1.165, 1.54) is 24.8 Å². The lowest BCUT2D eigenvalue weighted by Crippen LogP contribution is -2.12. The van der Waals surface area contributed by atoms with Gasteiger partial charge in [0.2, 0.25) is 5.78 Å². The molecule has 1 fully saturated rings. The molecular weight excluding hydrogens is 224 g/mol. The van der Waals surface area contributed by atoms with Crippen LogP contribution in [0.4, 0.5) is 0 Å². The van der Waals surface area contributed by atoms with Gasteiger partial charge in [0, 0.05) is 25.0 Å². The van der Waals surface area contributed by atoms with Crippen LogP contribution in [0.25, 0.3) is 0 Å². The van der Waals surface area contributed by atoms with Gasteiger partial charge in [-0.2, -0.15) is 0 Å². The first kappa shape index (κ1) is 11.2. The average Bonchev–Trinajstić information content (AvgIpc) is 2.73. The van der Waals surface area contributed by atoms with Gasteiger partial charge in [-0.25, -0.2) is 4.98 Å². The number of hydrogen-bond donors (Lipinski definition) is 0. The number of hydrogen-bond acceptors (Lipinski definition) is 2. The molecule has 18 heavy (non-hydrogen) atoms. The maximum Gasteiger partial charge on any atom is 0.228 e. The van der Waals surface area contributed by atoms with Crippen molar-refractivity contribution in [3.8, 4) is 0 Å². The zero-order chi connectivity index (χ0) is 12.5. The largest absolute Gasteiger partial charge is 0.331 e.